The van der Waals surface area contributed by atoms with E-state index < -0.39 is 5.97 Å². The van der Waals surface area contributed by atoms with Gasteiger partial charge in [0.1, 0.15) is 0 Å². The van der Waals surface area contributed by atoms with Crippen LogP contribution in [-0.4, -0.2) is 53.6 Å². The van der Waals surface area contributed by atoms with E-state index in [1.54, 1.807) is 11.9 Å². The number of rotatable bonds is 5. The Balaban J connectivity index is 2.29. The van der Waals surface area contributed by atoms with Gasteiger partial charge in [0.25, 0.3) is 0 Å². The largest absolute Gasteiger partial charge is 0.481 e. The maximum Gasteiger partial charge on any atom is 0.319 e. The van der Waals surface area contributed by atoms with E-state index in [0.717, 1.165) is 25.9 Å². The molecule has 0 aromatic heterocycles. The fourth-order valence-electron chi connectivity index (χ4n) is 2.14. The second-order valence-corrected chi connectivity index (χ2v) is 4.71. The third kappa shape index (κ3) is 4.24. The molecule has 0 aromatic rings. The highest BCUT2D eigenvalue weighted by Gasteiger charge is 2.26. The second kappa shape index (κ2) is 6.47. The molecule has 1 saturated heterocycles. The zero-order valence-electron chi connectivity index (χ0n) is 10.7. The van der Waals surface area contributed by atoms with Gasteiger partial charge in [-0.2, -0.15) is 0 Å². The average molecular weight is 242 g/mol. The van der Waals surface area contributed by atoms with Gasteiger partial charge in [-0.05, 0) is 18.8 Å². The van der Waals surface area contributed by atoms with Crippen molar-refractivity contribution in [1.29, 1.82) is 0 Å². The molecule has 1 aliphatic heterocycles. The predicted octanol–water partition coefficient (Wildman–Crippen LogP) is 1.63. The molecule has 0 saturated carbocycles. The van der Waals surface area contributed by atoms with Gasteiger partial charge in [0, 0.05) is 33.1 Å². The Bertz CT molecular complexity index is 281. The van der Waals surface area contributed by atoms with Crippen molar-refractivity contribution in [2.45, 2.75) is 32.6 Å². The van der Waals surface area contributed by atoms with Crippen LogP contribution in [0.3, 0.4) is 0 Å². The lowest BCUT2D eigenvalue weighted by molar-refractivity contribution is -0.137. The van der Waals surface area contributed by atoms with Gasteiger partial charge < -0.3 is 14.9 Å². The van der Waals surface area contributed by atoms with E-state index in [-0.39, 0.29) is 12.5 Å². The van der Waals surface area contributed by atoms with E-state index in [1.165, 1.54) is 0 Å². The normalized spacial score (nSPS) is 19.4. The van der Waals surface area contributed by atoms with Crippen molar-refractivity contribution in [2.75, 3.05) is 26.7 Å². The lowest BCUT2D eigenvalue weighted by atomic mass is 10.1. The highest BCUT2D eigenvalue weighted by molar-refractivity contribution is 5.74. The first-order valence-corrected chi connectivity index (χ1v) is 6.26. The average Bonchev–Trinajstić information content (AvgIpc) is 2.75. The summed E-state index contributed by atoms with van der Waals surface area (Å²) in [5.74, 6) is -0.176. The summed E-state index contributed by atoms with van der Waals surface area (Å²) >= 11 is 0. The number of carboxylic acids is 1. The third-order valence-electron chi connectivity index (χ3n) is 3.34. The number of hydrogen-bond donors (Lipinski definition) is 1. The molecule has 1 rings (SSSR count). The first-order valence-electron chi connectivity index (χ1n) is 6.26. The quantitative estimate of drug-likeness (QED) is 0.797. The molecular weight excluding hydrogens is 220 g/mol. The fraction of sp³-hybridized carbons (Fsp3) is 0.833. The Morgan fingerprint density at radius 3 is 2.71 bits per heavy atom. The molecule has 1 N–H and O–H groups in total. The van der Waals surface area contributed by atoms with E-state index in [2.05, 4.69) is 6.92 Å². The maximum atomic E-state index is 12.0. The molecule has 98 valence electrons. The topological polar surface area (TPSA) is 60.9 Å². The van der Waals surface area contributed by atoms with Crippen molar-refractivity contribution >= 4 is 12.0 Å². The Morgan fingerprint density at radius 1 is 1.47 bits per heavy atom. The summed E-state index contributed by atoms with van der Waals surface area (Å²) in [6.07, 6.45) is 2.84. The van der Waals surface area contributed by atoms with Gasteiger partial charge in [-0.15, -0.1) is 0 Å². The van der Waals surface area contributed by atoms with Gasteiger partial charge >= 0.3 is 12.0 Å². The smallest absolute Gasteiger partial charge is 0.319 e. The molecule has 1 fully saturated rings. The number of urea groups is 1. The first-order chi connectivity index (χ1) is 8.04. The molecule has 5 nitrogen and oxygen atoms in total. The molecule has 0 spiro atoms. The van der Waals surface area contributed by atoms with Crippen LogP contribution in [0.1, 0.15) is 32.6 Å². The molecular formula is C12H22N2O3. The van der Waals surface area contributed by atoms with E-state index in [4.69, 9.17) is 5.11 Å². The van der Waals surface area contributed by atoms with Crippen LogP contribution in [0.25, 0.3) is 0 Å². The van der Waals surface area contributed by atoms with Gasteiger partial charge in [0.2, 0.25) is 0 Å². The summed E-state index contributed by atoms with van der Waals surface area (Å²) in [7, 11) is 1.74. The van der Waals surface area contributed by atoms with Crippen LogP contribution in [0.5, 0.6) is 0 Å². The van der Waals surface area contributed by atoms with Crippen LogP contribution >= 0.6 is 0 Å². The van der Waals surface area contributed by atoms with Crippen LogP contribution in [0.4, 0.5) is 4.79 Å². The molecule has 1 heterocycles. The maximum absolute atomic E-state index is 12.0. The molecule has 0 aromatic carbocycles. The van der Waals surface area contributed by atoms with Crippen molar-refractivity contribution in [3.05, 3.63) is 0 Å². The van der Waals surface area contributed by atoms with Crippen LogP contribution < -0.4 is 0 Å². The fourth-order valence-corrected chi connectivity index (χ4v) is 2.14. The van der Waals surface area contributed by atoms with Crippen molar-refractivity contribution in [3.8, 4) is 0 Å². The Morgan fingerprint density at radius 2 is 2.18 bits per heavy atom. The van der Waals surface area contributed by atoms with Gasteiger partial charge in [0.05, 0.1) is 0 Å². The molecule has 1 aliphatic rings. The molecule has 1 atom stereocenters. The Hall–Kier alpha value is -1.26. The molecule has 17 heavy (non-hydrogen) atoms. The number of carboxylic acid groups (broad SMARTS) is 1. The Labute approximate surface area is 102 Å². The van der Waals surface area contributed by atoms with Crippen LogP contribution in [0.15, 0.2) is 0 Å². The van der Waals surface area contributed by atoms with E-state index in [0.29, 0.717) is 18.9 Å². The molecule has 2 amide bonds. The van der Waals surface area contributed by atoms with Gasteiger partial charge in [-0.1, -0.05) is 13.3 Å². The van der Waals surface area contributed by atoms with E-state index >= 15 is 0 Å². The highest BCUT2D eigenvalue weighted by atomic mass is 16.4. The lowest BCUT2D eigenvalue weighted by Crippen LogP contribution is -2.40. The number of likely N-dealkylation sites (tertiary alicyclic amines) is 1. The molecule has 0 radical (unpaired) electrons. The molecule has 5 heteroatoms. The lowest BCUT2D eigenvalue weighted by Gasteiger charge is -2.24. The van der Waals surface area contributed by atoms with E-state index in [9.17, 15) is 9.59 Å². The number of amides is 2. The molecule has 1 unspecified atom stereocenters. The summed E-state index contributed by atoms with van der Waals surface area (Å²) < 4.78 is 0. The van der Waals surface area contributed by atoms with Crippen LogP contribution in [-0.2, 0) is 4.79 Å². The SMILES string of the molecule is CCC1CCN(C(=O)N(C)CCCC(=O)O)C1. The minimum absolute atomic E-state index is 0.0336. The molecule has 0 bridgehead atoms. The summed E-state index contributed by atoms with van der Waals surface area (Å²) in [5.41, 5.74) is 0. The first kappa shape index (κ1) is 13.8. The van der Waals surface area contributed by atoms with Gasteiger partial charge in [0.15, 0.2) is 0 Å². The zero-order valence-corrected chi connectivity index (χ0v) is 10.7. The van der Waals surface area contributed by atoms with Crippen molar-refractivity contribution < 1.29 is 14.7 Å². The summed E-state index contributed by atoms with van der Waals surface area (Å²) in [6, 6.07) is 0.0336. The number of carbonyl (C=O) groups is 2. The Kier molecular flexibility index (Phi) is 5.25. The minimum Gasteiger partial charge on any atom is -0.481 e. The standard InChI is InChI=1S/C12H22N2O3/c1-3-10-6-8-14(9-10)12(17)13(2)7-4-5-11(15)16/h10H,3-9H2,1-2H3,(H,15,16). The summed E-state index contributed by atoms with van der Waals surface area (Å²) in [5, 5.41) is 8.53. The predicted molar refractivity (Wildman–Crippen MR) is 64.9 cm³/mol. The second-order valence-electron chi connectivity index (χ2n) is 4.71. The van der Waals surface area contributed by atoms with Crippen molar-refractivity contribution in [1.82, 2.24) is 9.80 Å². The summed E-state index contributed by atoms with van der Waals surface area (Å²) in [4.78, 5) is 25.9. The van der Waals surface area contributed by atoms with Crippen LogP contribution in [0.2, 0.25) is 0 Å². The van der Waals surface area contributed by atoms with Gasteiger partial charge in [-0.25, -0.2) is 4.79 Å². The third-order valence-corrected chi connectivity index (χ3v) is 3.34. The van der Waals surface area contributed by atoms with Crippen molar-refractivity contribution in [3.63, 3.8) is 0 Å². The number of hydrogen-bond acceptors (Lipinski definition) is 2. The van der Waals surface area contributed by atoms with Gasteiger partial charge in [-0.3, -0.25) is 4.79 Å². The van der Waals surface area contributed by atoms with E-state index in [1.807, 2.05) is 4.90 Å². The monoisotopic (exact) mass is 242 g/mol. The number of nitrogens with zero attached hydrogens (tertiary/aromatic N) is 2. The number of aliphatic carboxylic acids is 1. The highest BCUT2D eigenvalue weighted by Crippen LogP contribution is 2.19. The molecule has 0 aliphatic carbocycles. The zero-order chi connectivity index (χ0) is 12.8. The summed E-state index contributed by atoms with van der Waals surface area (Å²) in [6.45, 7) is 4.34. The minimum atomic E-state index is -0.807. The number of carbonyl (C=O) groups excluding carboxylic acids is 1. The van der Waals surface area contributed by atoms with Crippen LogP contribution in [0, 0.1) is 5.92 Å². The van der Waals surface area contributed by atoms with Crippen molar-refractivity contribution in [2.24, 2.45) is 5.92 Å².